The molecule has 1 aromatic heterocycles. The number of hydrazine groups is 1. The Bertz CT molecular complexity index is 535. The molecule has 1 aliphatic rings. The highest BCUT2D eigenvalue weighted by atomic mass is 15.2. The van der Waals surface area contributed by atoms with Crippen LogP contribution < -0.4 is 11.3 Å². The number of rotatable bonds is 4. The highest BCUT2D eigenvalue weighted by Gasteiger charge is 2.25. The molecule has 1 fully saturated rings. The maximum Gasteiger partial charge on any atom is 0.0884 e. The molecule has 0 spiro atoms. The topological polar surface area (TPSA) is 50.9 Å². The van der Waals surface area contributed by atoms with Gasteiger partial charge < -0.3 is 0 Å². The van der Waals surface area contributed by atoms with Gasteiger partial charge in [0.15, 0.2) is 0 Å². The van der Waals surface area contributed by atoms with Crippen molar-refractivity contribution in [2.75, 3.05) is 0 Å². The van der Waals surface area contributed by atoms with Gasteiger partial charge in [-0.3, -0.25) is 10.8 Å². The fourth-order valence-corrected chi connectivity index (χ4v) is 2.75. The smallest absolute Gasteiger partial charge is 0.0884 e. The molecule has 0 saturated heterocycles. The van der Waals surface area contributed by atoms with E-state index in [0.29, 0.717) is 5.92 Å². The molecule has 98 valence electrons. The second kappa shape index (κ2) is 5.51. The van der Waals surface area contributed by atoms with Gasteiger partial charge in [0.25, 0.3) is 0 Å². The van der Waals surface area contributed by atoms with E-state index < -0.39 is 0 Å². The van der Waals surface area contributed by atoms with Crippen LogP contribution in [0.2, 0.25) is 0 Å². The molecular formula is C16H19N3. The van der Waals surface area contributed by atoms with Crippen molar-refractivity contribution in [3.05, 3.63) is 65.5 Å². The van der Waals surface area contributed by atoms with E-state index in [2.05, 4.69) is 34.7 Å². The van der Waals surface area contributed by atoms with Gasteiger partial charge >= 0.3 is 0 Å². The van der Waals surface area contributed by atoms with Gasteiger partial charge in [0.2, 0.25) is 0 Å². The lowest BCUT2D eigenvalue weighted by Crippen LogP contribution is -2.31. The number of pyridine rings is 1. The van der Waals surface area contributed by atoms with Crippen molar-refractivity contribution in [1.29, 1.82) is 0 Å². The highest BCUT2D eigenvalue weighted by molar-refractivity contribution is 5.38. The van der Waals surface area contributed by atoms with Crippen LogP contribution in [0, 0.1) is 0 Å². The van der Waals surface area contributed by atoms with Crippen molar-refractivity contribution in [1.82, 2.24) is 10.4 Å². The van der Waals surface area contributed by atoms with Crippen molar-refractivity contribution >= 4 is 0 Å². The molecule has 1 heterocycles. The number of benzene rings is 1. The van der Waals surface area contributed by atoms with Gasteiger partial charge in [0, 0.05) is 6.20 Å². The molecule has 2 aromatic rings. The summed E-state index contributed by atoms with van der Waals surface area (Å²) in [6.07, 6.45) is 5.72. The molecule has 3 rings (SSSR count). The molecule has 1 atom stereocenters. The van der Waals surface area contributed by atoms with E-state index in [1.54, 1.807) is 0 Å². The zero-order valence-electron chi connectivity index (χ0n) is 10.9. The average Bonchev–Trinajstić information content (AvgIpc) is 2.41. The summed E-state index contributed by atoms with van der Waals surface area (Å²) in [5.41, 5.74) is 6.56. The SMILES string of the molecule is NNC(c1ccccn1)c1ccccc1C1CCC1. The molecule has 1 unspecified atom stereocenters. The Balaban J connectivity index is 1.99. The first-order chi connectivity index (χ1) is 9.40. The van der Waals surface area contributed by atoms with Gasteiger partial charge in [0.1, 0.15) is 0 Å². The first-order valence-electron chi connectivity index (χ1n) is 6.86. The Hall–Kier alpha value is -1.71. The van der Waals surface area contributed by atoms with Crippen LogP contribution in [0.1, 0.15) is 48.0 Å². The van der Waals surface area contributed by atoms with Crippen molar-refractivity contribution in [3.8, 4) is 0 Å². The van der Waals surface area contributed by atoms with Crippen molar-refractivity contribution in [2.45, 2.75) is 31.2 Å². The predicted molar refractivity (Wildman–Crippen MR) is 76.4 cm³/mol. The second-order valence-corrected chi connectivity index (χ2v) is 5.11. The third-order valence-electron chi connectivity index (χ3n) is 4.00. The highest BCUT2D eigenvalue weighted by Crippen LogP contribution is 2.40. The Morgan fingerprint density at radius 2 is 1.89 bits per heavy atom. The lowest BCUT2D eigenvalue weighted by Gasteiger charge is -2.30. The van der Waals surface area contributed by atoms with E-state index in [4.69, 9.17) is 5.84 Å². The molecule has 1 saturated carbocycles. The largest absolute Gasteiger partial charge is 0.271 e. The van der Waals surface area contributed by atoms with Gasteiger partial charge in [-0.1, -0.05) is 36.8 Å². The summed E-state index contributed by atoms with van der Waals surface area (Å²) in [6, 6.07) is 14.5. The number of nitrogens with zero attached hydrogens (tertiary/aromatic N) is 1. The standard InChI is InChI=1S/C16H19N3/c17-19-16(15-10-3-4-11-18-15)14-9-2-1-8-13(14)12-6-5-7-12/h1-4,8-12,16,19H,5-7,17H2. The van der Waals surface area contributed by atoms with Gasteiger partial charge in [-0.2, -0.15) is 0 Å². The molecule has 3 nitrogen and oxygen atoms in total. The number of nitrogens with one attached hydrogen (secondary N) is 1. The van der Waals surface area contributed by atoms with Crippen LogP contribution in [0.5, 0.6) is 0 Å². The summed E-state index contributed by atoms with van der Waals surface area (Å²) in [5, 5.41) is 0. The monoisotopic (exact) mass is 253 g/mol. The molecule has 0 aliphatic heterocycles. The lowest BCUT2D eigenvalue weighted by molar-refractivity contribution is 0.414. The summed E-state index contributed by atoms with van der Waals surface area (Å²) in [4.78, 5) is 4.43. The van der Waals surface area contributed by atoms with Gasteiger partial charge in [-0.05, 0) is 42.0 Å². The maximum absolute atomic E-state index is 5.78. The van der Waals surface area contributed by atoms with Crippen LogP contribution >= 0.6 is 0 Å². The first-order valence-corrected chi connectivity index (χ1v) is 6.86. The zero-order chi connectivity index (χ0) is 13.1. The average molecular weight is 253 g/mol. The van der Waals surface area contributed by atoms with Crippen molar-refractivity contribution in [2.24, 2.45) is 5.84 Å². The Labute approximate surface area is 113 Å². The summed E-state index contributed by atoms with van der Waals surface area (Å²) < 4.78 is 0. The Kier molecular flexibility index (Phi) is 3.58. The third kappa shape index (κ3) is 2.39. The third-order valence-corrected chi connectivity index (χ3v) is 4.00. The minimum atomic E-state index is -0.0296. The Morgan fingerprint density at radius 3 is 2.53 bits per heavy atom. The number of hydrogen-bond donors (Lipinski definition) is 2. The molecule has 1 aliphatic carbocycles. The molecule has 1 aromatic carbocycles. The summed E-state index contributed by atoms with van der Waals surface area (Å²) in [7, 11) is 0. The van der Waals surface area contributed by atoms with Crippen LogP contribution in [0.25, 0.3) is 0 Å². The summed E-state index contributed by atoms with van der Waals surface area (Å²) in [5.74, 6) is 6.47. The van der Waals surface area contributed by atoms with E-state index >= 15 is 0 Å². The van der Waals surface area contributed by atoms with Gasteiger partial charge in [-0.25, -0.2) is 5.43 Å². The van der Waals surface area contributed by atoms with Crippen molar-refractivity contribution in [3.63, 3.8) is 0 Å². The minimum Gasteiger partial charge on any atom is -0.271 e. The van der Waals surface area contributed by atoms with Crippen LogP contribution in [0.4, 0.5) is 0 Å². The molecular weight excluding hydrogens is 234 g/mol. The minimum absolute atomic E-state index is 0.0296. The van der Waals surface area contributed by atoms with Crippen LogP contribution in [-0.2, 0) is 0 Å². The molecule has 3 N–H and O–H groups in total. The predicted octanol–water partition coefficient (Wildman–Crippen LogP) is 2.90. The normalized spacial score (nSPS) is 16.9. The fraction of sp³-hybridized carbons (Fsp3) is 0.312. The molecule has 0 bridgehead atoms. The number of aromatic nitrogens is 1. The molecule has 19 heavy (non-hydrogen) atoms. The van der Waals surface area contributed by atoms with E-state index in [-0.39, 0.29) is 6.04 Å². The van der Waals surface area contributed by atoms with E-state index in [9.17, 15) is 0 Å². The molecule has 0 amide bonds. The molecule has 0 radical (unpaired) electrons. The number of nitrogens with two attached hydrogens (primary N) is 1. The quantitative estimate of drug-likeness (QED) is 0.650. The van der Waals surface area contributed by atoms with Crippen LogP contribution in [-0.4, -0.2) is 4.98 Å². The van der Waals surface area contributed by atoms with Gasteiger partial charge in [-0.15, -0.1) is 0 Å². The maximum atomic E-state index is 5.78. The van der Waals surface area contributed by atoms with Gasteiger partial charge in [0.05, 0.1) is 11.7 Å². The number of hydrogen-bond acceptors (Lipinski definition) is 3. The van der Waals surface area contributed by atoms with Crippen LogP contribution in [0.3, 0.4) is 0 Å². The summed E-state index contributed by atoms with van der Waals surface area (Å²) >= 11 is 0. The summed E-state index contributed by atoms with van der Waals surface area (Å²) in [6.45, 7) is 0. The van der Waals surface area contributed by atoms with E-state index in [0.717, 1.165) is 5.69 Å². The van der Waals surface area contributed by atoms with E-state index in [1.807, 2.05) is 24.4 Å². The lowest BCUT2D eigenvalue weighted by atomic mass is 9.77. The van der Waals surface area contributed by atoms with E-state index in [1.165, 1.54) is 30.4 Å². The zero-order valence-corrected chi connectivity index (χ0v) is 10.9. The fourth-order valence-electron chi connectivity index (χ4n) is 2.75. The van der Waals surface area contributed by atoms with Crippen LogP contribution in [0.15, 0.2) is 48.7 Å². The molecule has 3 heteroatoms. The Morgan fingerprint density at radius 1 is 1.11 bits per heavy atom. The second-order valence-electron chi connectivity index (χ2n) is 5.11. The first kappa shape index (κ1) is 12.3. The van der Waals surface area contributed by atoms with Crippen molar-refractivity contribution < 1.29 is 0 Å².